The highest BCUT2D eigenvalue weighted by Gasteiger charge is 2.16. The van der Waals surface area contributed by atoms with E-state index in [9.17, 15) is 24.3 Å². The summed E-state index contributed by atoms with van der Waals surface area (Å²) >= 11 is 1.20. The van der Waals surface area contributed by atoms with Crippen molar-refractivity contribution in [1.29, 1.82) is 0 Å². The molecule has 0 fully saturated rings. The molecular formula is C30H24N4O6S. The number of hydrogen-bond acceptors (Lipinski definition) is 7. The van der Waals surface area contributed by atoms with Crippen molar-refractivity contribution in [3.8, 4) is 5.75 Å². The monoisotopic (exact) mass is 568 g/mol. The van der Waals surface area contributed by atoms with E-state index >= 15 is 0 Å². The van der Waals surface area contributed by atoms with Crippen LogP contribution in [0.3, 0.4) is 0 Å². The van der Waals surface area contributed by atoms with Gasteiger partial charge in [0, 0.05) is 34.2 Å². The molecule has 5 N–H and O–H groups in total. The first-order valence-corrected chi connectivity index (χ1v) is 13.2. The van der Waals surface area contributed by atoms with Gasteiger partial charge in [-0.15, -0.1) is 11.8 Å². The molecule has 3 amide bonds. The van der Waals surface area contributed by atoms with Crippen molar-refractivity contribution < 1.29 is 29.4 Å². The van der Waals surface area contributed by atoms with Crippen LogP contribution in [0.15, 0.2) is 108 Å². The first kappa shape index (κ1) is 28.6. The number of carbonyl (C=O) groups excluding carboxylic acids is 3. The number of carboxylic acid groups (broad SMARTS) is 1. The predicted molar refractivity (Wildman–Crippen MR) is 156 cm³/mol. The lowest BCUT2D eigenvalue weighted by atomic mass is 10.2. The summed E-state index contributed by atoms with van der Waals surface area (Å²) in [5, 5.41) is 26.8. The van der Waals surface area contributed by atoms with Crippen molar-refractivity contribution in [3.63, 3.8) is 0 Å². The van der Waals surface area contributed by atoms with E-state index in [0.29, 0.717) is 21.7 Å². The molecule has 1 heterocycles. The van der Waals surface area contributed by atoms with E-state index < -0.39 is 29.4 Å². The fourth-order valence-electron chi connectivity index (χ4n) is 3.56. The average Bonchev–Trinajstić information content (AvgIpc) is 2.97. The van der Waals surface area contributed by atoms with E-state index in [-0.39, 0.29) is 22.7 Å². The second-order valence-corrected chi connectivity index (χ2v) is 9.57. The normalized spacial score (nSPS) is 10.9. The Hall–Kier alpha value is -5.42. The molecule has 0 unspecified atom stereocenters. The number of aromatic hydroxyl groups is 1. The van der Waals surface area contributed by atoms with Gasteiger partial charge in [0.2, 0.25) is 5.91 Å². The van der Waals surface area contributed by atoms with E-state index in [0.717, 1.165) is 0 Å². The molecule has 0 atom stereocenters. The Morgan fingerprint density at radius 3 is 2.37 bits per heavy atom. The summed E-state index contributed by atoms with van der Waals surface area (Å²) in [7, 11) is 0. The topological polar surface area (TPSA) is 158 Å². The van der Waals surface area contributed by atoms with Crippen molar-refractivity contribution in [2.75, 3.05) is 16.4 Å². The number of hydrogen-bond donors (Lipinski definition) is 5. The fourth-order valence-corrected chi connectivity index (χ4v) is 4.32. The van der Waals surface area contributed by atoms with Crippen LogP contribution in [0.2, 0.25) is 0 Å². The number of rotatable bonds is 10. The van der Waals surface area contributed by atoms with Crippen LogP contribution in [0.5, 0.6) is 5.75 Å². The summed E-state index contributed by atoms with van der Waals surface area (Å²) in [6.45, 7) is 0. The molecule has 0 bridgehead atoms. The van der Waals surface area contributed by atoms with Crippen LogP contribution in [0, 0.1) is 0 Å². The number of anilines is 2. The van der Waals surface area contributed by atoms with Crippen molar-refractivity contribution in [3.05, 3.63) is 120 Å². The Morgan fingerprint density at radius 1 is 0.854 bits per heavy atom. The van der Waals surface area contributed by atoms with Crippen LogP contribution in [0.4, 0.5) is 11.4 Å². The van der Waals surface area contributed by atoms with Gasteiger partial charge in [-0.3, -0.25) is 19.4 Å². The maximum Gasteiger partial charge on any atom is 0.339 e. The van der Waals surface area contributed by atoms with Gasteiger partial charge in [0.1, 0.15) is 17.0 Å². The molecule has 0 saturated carbocycles. The van der Waals surface area contributed by atoms with E-state index in [1.54, 1.807) is 79.1 Å². The minimum absolute atomic E-state index is 0.0000259. The summed E-state index contributed by atoms with van der Waals surface area (Å²) in [4.78, 5) is 54.3. The lowest BCUT2D eigenvalue weighted by Gasteiger charge is -2.12. The summed E-state index contributed by atoms with van der Waals surface area (Å²) in [5.74, 6) is -3.11. The van der Waals surface area contributed by atoms with Crippen LogP contribution in [-0.2, 0) is 9.59 Å². The molecule has 206 valence electrons. The molecule has 4 aromatic rings. The van der Waals surface area contributed by atoms with Crippen LogP contribution in [0.25, 0.3) is 6.08 Å². The van der Waals surface area contributed by atoms with Crippen molar-refractivity contribution >= 4 is 52.9 Å². The molecule has 1 aromatic heterocycles. The van der Waals surface area contributed by atoms with Crippen molar-refractivity contribution in [2.45, 2.75) is 4.90 Å². The third-order valence-electron chi connectivity index (χ3n) is 5.50. The van der Waals surface area contributed by atoms with Crippen molar-refractivity contribution in [1.82, 2.24) is 10.3 Å². The van der Waals surface area contributed by atoms with E-state index in [1.165, 1.54) is 36.0 Å². The van der Waals surface area contributed by atoms with Gasteiger partial charge < -0.3 is 26.2 Å². The number of nitrogens with one attached hydrogen (secondary N) is 3. The Balaban J connectivity index is 1.42. The average molecular weight is 569 g/mol. The molecule has 11 heteroatoms. The number of carboxylic acids is 1. The number of pyridine rings is 1. The number of nitrogens with zero attached hydrogens (tertiary/aromatic N) is 1. The van der Waals surface area contributed by atoms with Gasteiger partial charge in [0.25, 0.3) is 11.8 Å². The molecule has 0 aliphatic carbocycles. The van der Waals surface area contributed by atoms with Crippen LogP contribution < -0.4 is 16.0 Å². The van der Waals surface area contributed by atoms with Gasteiger partial charge in [0.15, 0.2) is 0 Å². The number of aromatic nitrogens is 1. The maximum atomic E-state index is 13.2. The van der Waals surface area contributed by atoms with E-state index in [4.69, 9.17) is 5.11 Å². The van der Waals surface area contributed by atoms with E-state index in [2.05, 4.69) is 20.9 Å². The second kappa shape index (κ2) is 13.6. The van der Waals surface area contributed by atoms with Gasteiger partial charge in [-0.2, -0.15) is 0 Å². The lowest BCUT2D eigenvalue weighted by Crippen LogP contribution is -2.30. The highest BCUT2D eigenvalue weighted by Crippen LogP contribution is 2.24. The molecule has 0 radical (unpaired) electrons. The van der Waals surface area contributed by atoms with Crippen LogP contribution in [-0.4, -0.2) is 44.6 Å². The number of amides is 3. The molecule has 0 spiro atoms. The number of phenols is 1. The first-order chi connectivity index (χ1) is 19.8. The molecule has 0 saturated heterocycles. The predicted octanol–water partition coefficient (Wildman–Crippen LogP) is 4.63. The Labute approximate surface area is 239 Å². The number of carbonyl (C=O) groups is 4. The fraction of sp³-hybridized carbons (Fsp3) is 0.0333. The van der Waals surface area contributed by atoms with Gasteiger partial charge in [0.05, 0.1) is 5.75 Å². The SMILES string of the molecule is O=C(CSc1cccc(NC(=O)/C(=C/c2cccnc2)NC(=O)c2ccccc2)c1)Nc1ccc(O)c(C(=O)O)c1. The molecular weight excluding hydrogens is 544 g/mol. The zero-order chi connectivity index (χ0) is 29.2. The highest BCUT2D eigenvalue weighted by atomic mass is 32.2. The number of aromatic carboxylic acids is 1. The molecule has 10 nitrogen and oxygen atoms in total. The standard InChI is InChI=1S/C30H24N4O6S/c35-26-12-11-22(16-24(26)30(39)40)32-27(36)18-41-23-10-4-9-21(15-23)33-29(38)25(14-19-6-5-13-31-17-19)34-28(37)20-7-2-1-3-8-20/h1-17,35H,18H2,(H,32,36)(H,33,38)(H,34,37)(H,39,40)/b25-14-. The minimum atomic E-state index is -1.31. The maximum absolute atomic E-state index is 13.2. The van der Waals surface area contributed by atoms with Gasteiger partial charge in [-0.05, 0) is 66.2 Å². The zero-order valence-electron chi connectivity index (χ0n) is 21.4. The van der Waals surface area contributed by atoms with Crippen LogP contribution in [0.1, 0.15) is 26.3 Å². The number of benzene rings is 3. The van der Waals surface area contributed by atoms with Gasteiger partial charge >= 0.3 is 5.97 Å². The Bertz CT molecular complexity index is 1610. The molecule has 0 aliphatic rings. The Morgan fingerprint density at radius 2 is 1.63 bits per heavy atom. The third-order valence-corrected chi connectivity index (χ3v) is 6.49. The number of thioether (sulfide) groups is 1. The summed E-state index contributed by atoms with van der Waals surface area (Å²) < 4.78 is 0. The lowest BCUT2D eigenvalue weighted by molar-refractivity contribution is -0.114. The molecule has 0 aliphatic heterocycles. The van der Waals surface area contributed by atoms with Crippen molar-refractivity contribution in [2.24, 2.45) is 0 Å². The summed E-state index contributed by atoms with van der Waals surface area (Å²) in [6.07, 6.45) is 4.68. The quantitative estimate of drug-likeness (QED) is 0.105. The first-order valence-electron chi connectivity index (χ1n) is 12.2. The smallest absolute Gasteiger partial charge is 0.339 e. The molecule has 4 rings (SSSR count). The van der Waals surface area contributed by atoms with E-state index in [1.807, 2.05) is 0 Å². The summed E-state index contributed by atoms with van der Waals surface area (Å²) in [5.41, 5.74) is 1.37. The molecule has 3 aromatic carbocycles. The largest absolute Gasteiger partial charge is 0.507 e. The van der Waals surface area contributed by atoms with Gasteiger partial charge in [-0.25, -0.2) is 4.79 Å². The van der Waals surface area contributed by atoms with Gasteiger partial charge in [-0.1, -0.05) is 30.3 Å². The summed E-state index contributed by atoms with van der Waals surface area (Å²) in [6, 6.07) is 22.6. The highest BCUT2D eigenvalue weighted by molar-refractivity contribution is 8.00. The second-order valence-electron chi connectivity index (χ2n) is 8.52. The third kappa shape index (κ3) is 8.28. The molecule has 41 heavy (non-hydrogen) atoms. The Kier molecular flexibility index (Phi) is 9.47. The minimum Gasteiger partial charge on any atom is -0.507 e. The van der Waals surface area contributed by atoms with Crippen LogP contribution >= 0.6 is 11.8 Å². The zero-order valence-corrected chi connectivity index (χ0v) is 22.2.